The van der Waals surface area contributed by atoms with E-state index in [-0.39, 0.29) is 5.78 Å². The molecule has 6 heteroatoms. The number of benzene rings is 2. The minimum Gasteiger partial charge on any atom is -0.497 e. The first-order valence-electron chi connectivity index (χ1n) is 7.67. The molecule has 1 heterocycles. The highest BCUT2D eigenvalue weighted by atomic mass is 16.5. The van der Waals surface area contributed by atoms with Gasteiger partial charge in [-0.2, -0.15) is 0 Å². The number of methoxy groups -OCH3 is 2. The molecule has 0 aliphatic carbocycles. The van der Waals surface area contributed by atoms with Gasteiger partial charge in [-0.25, -0.2) is 4.79 Å². The maximum Gasteiger partial charge on any atom is 0.418 e. The van der Waals surface area contributed by atoms with Crippen molar-refractivity contribution in [2.45, 2.75) is 0 Å². The van der Waals surface area contributed by atoms with Crippen molar-refractivity contribution in [2.75, 3.05) is 31.1 Å². The van der Waals surface area contributed by atoms with Gasteiger partial charge in [0, 0.05) is 18.8 Å². The Labute approximate surface area is 145 Å². The lowest BCUT2D eigenvalue weighted by atomic mass is 10.1. The number of hydrogen-bond donors (Lipinski definition) is 0. The number of anilines is 2. The summed E-state index contributed by atoms with van der Waals surface area (Å²) in [6, 6.07) is 14.2. The molecule has 0 atom stereocenters. The SMILES string of the molecule is COC(=O)N(/C=C1\C(=O)c2ccccc2N1C)c1ccc(OC)cc1. The molecule has 0 saturated carbocycles. The monoisotopic (exact) mass is 338 g/mol. The van der Waals surface area contributed by atoms with Crippen LogP contribution in [0.5, 0.6) is 5.75 Å². The normalized spacial score (nSPS) is 14.4. The largest absolute Gasteiger partial charge is 0.497 e. The zero-order valence-electron chi connectivity index (χ0n) is 14.2. The number of carbonyl (C=O) groups excluding carboxylic acids is 2. The summed E-state index contributed by atoms with van der Waals surface area (Å²) in [6.07, 6.45) is 0.908. The summed E-state index contributed by atoms with van der Waals surface area (Å²) in [7, 11) is 4.66. The zero-order chi connectivity index (χ0) is 18.0. The van der Waals surface area contributed by atoms with Crippen LogP contribution in [-0.2, 0) is 4.74 Å². The quantitative estimate of drug-likeness (QED) is 0.802. The van der Waals surface area contributed by atoms with Crippen LogP contribution in [0.2, 0.25) is 0 Å². The van der Waals surface area contributed by atoms with Crippen LogP contribution in [0.25, 0.3) is 0 Å². The Morgan fingerprint density at radius 3 is 2.36 bits per heavy atom. The smallest absolute Gasteiger partial charge is 0.418 e. The van der Waals surface area contributed by atoms with Crippen LogP contribution in [0, 0.1) is 0 Å². The first-order valence-corrected chi connectivity index (χ1v) is 7.67. The molecule has 2 aromatic rings. The van der Waals surface area contributed by atoms with Gasteiger partial charge in [0.05, 0.1) is 25.6 Å². The summed E-state index contributed by atoms with van der Waals surface area (Å²) >= 11 is 0. The van der Waals surface area contributed by atoms with Crippen LogP contribution >= 0.6 is 0 Å². The van der Waals surface area contributed by atoms with Crippen LogP contribution in [0.15, 0.2) is 60.4 Å². The number of amides is 1. The van der Waals surface area contributed by atoms with Gasteiger partial charge in [0.1, 0.15) is 11.4 Å². The second kappa shape index (κ2) is 6.68. The van der Waals surface area contributed by atoms with Gasteiger partial charge < -0.3 is 14.4 Å². The molecule has 0 fully saturated rings. The number of ether oxygens (including phenoxy) is 2. The highest BCUT2D eigenvalue weighted by Gasteiger charge is 2.31. The molecular formula is C19H18N2O4. The minimum atomic E-state index is -0.588. The van der Waals surface area contributed by atoms with Crippen LogP contribution < -0.4 is 14.5 Å². The van der Waals surface area contributed by atoms with E-state index in [0.717, 1.165) is 5.69 Å². The summed E-state index contributed by atoms with van der Waals surface area (Å²) in [4.78, 5) is 28.0. The highest BCUT2D eigenvalue weighted by Crippen LogP contribution is 2.33. The maximum atomic E-state index is 12.7. The number of allylic oxidation sites excluding steroid dienone is 1. The first kappa shape index (κ1) is 16.6. The van der Waals surface area contributed by atoms with Crippen LogP contribution in [0.4, 0.5) is 16.2 Å². The molecule has 0 saturated heterocycles. The molecule has 0 radical (unpaired) electrons. The molecule has 25 heavy (non-hydrogen) atoms. The van der Waals surface area contributed by atoms with Crippen molar-refractivity contribution in [1.29, 1.82) is 0 Å². The van der Waals surface area contributed by atoms with E-state index in [9.17, 15) is 9.59 Å². The van der Waals surface area contributed by atoms with E-state index >= 15 is 0 Å². The molecule has 1 amide bonds. The molecule has 3 rings (SSSR count). The number of fused-ring (bicyclic) bond motifs is 1. The maximum absolute atomic E-state index is 12.7. The topological polar surface area (TPSA) is 59.1 Å². The van der Waals surface area contributed by atoms with Crippen LogP contribution in [0.1, 0.15) is 10.4 Å². The Bertz CT molecular complexity index is 843. The fourth-order valence-corrected chi connectivity index (χ4v) is 2.72. The lowest BCUT2D eigenvalue weighted by molar-refractivity contribution is 0.103. The molecule has 0 bridgehead atoms. The molecule has 1 aliphatic rings. The Morgan fingerprint density at radius 1 is 1.08 bits per heavy atom. The number of rotatable bonds is 3. The number of Topliss-reactive ketones (excluding diaryl/α,β-unsaturated/α-hetero) is 1. The molecule has 0 aromatic heterocycles. The van der Waals surface area contributed by atoms with Crippen molar-refractivity contribution in [1.82, 2.24) is 0 Å². The molecule has 6 nitrogen and oxygen atoms in total. The average Bonchev–Trinajstić information content (AvgIpc) is 2.90. The predicted octanol–water partition coefficient (Wildman–Crippen LogP) is 3.44. The third-order valence-electron chi connectivity index (χ3n) is 4.08. The number of para-hydroxylation sites is 1. The van der Waals surface area contributed by atoms with Gasteiger partial charge in [0.25, 0.3) is 0 Å². The van der Waals surface area contributed by atoms with E-state index in [1.54, 1.807) is 49.4 Å². The summed E-state index contributed by atoms with van der Waals surface area (Å²) in [6.45, 7) is 0. The number of ketones is 1. The van der Waals surface area contributed by atoms with Crippen molar-refractivity contribution >= 4 is 23.3 Å². The molecular weight excluding hydrogens is 320 g/mol. The van der Waals surface area contributed by atoms with E-state index in [4.69, 9.17) is 9.47 Å². The summed E-state index contributed by atoms with van der Waals surface area (Å²) < 4.78 is 10.00. The Morgan fingerprint density at radius 2 is 1.76 bits per heavy atom. The number of hydrogen-bond acceptors (Lipinski definition) is 5. The van der Waals surface area contributed by atoms with Crippen molar-refractivity contribution in [3.63, 3.8) is 0 Å². The predicted molar refractivity (Wildman–Crippen MR) is 95.1 cm³/mol. The molecule has 2 aromatic carbocycles. The number of carbonyl (C=O) groups is 2. The van der Waals surface area contributed by atoms with Crippen molar-refractivity contribution in [3.8, 4) is 5.75 Å². The zero-order valence-corrected chi connectivity index (χ0v) is 14.2. The van der Waals surface area contributed by atoms with Crippen molar-refractivity contribution in [2.24, 2.45) is 0 Å². The van der Waals surface area contributed by atoms with E-state index in [1.807, 2.05) is 18.2 Å². The van der Waals surface area contributed by atoms with Gasteiger partial charge in [-0.05, 0) is 36.4 Å². The molecule has 0 unspecified atom stereocenters. The Hall–Kier alpha value is -3.28. The minimum absolute atomic E-state index is 0.138. The van der Waals surface area contributed by atoms with Crippen molar-refractivity contribution in [3.05, 3.63) is 66.0 Å². The van der Waals surface area contributed by atoms with Gasteiger partial charge in [0.2, 0.25) is 5.78 Å². The lowest BCUT2D eigenvalue weighted by Gasteiger charge is -2.20. The highest BCUT2D eigenvalue weighted by molar-refractivity contribution is 6.19. The second-order valence-corrected chi connectivity index (χ2v) is 5.46. The molecule has 0 spiro atoms. The van der Waals surface area contributed by atoms with Crippen molar-refractivity contribution < 1.29 is 19.1 Å². The van der Waals surface area contributed by atoms with E-state index in [1.165, 1.54) is 18.2 Å². The second-order valence-electron chi connectivity index (χ2n) is 5.46. The van der Waals surface area contributed by atoms with Gasteiger partial charge >= 0.3 is 6.09 Å². The van der Waals surface area contributed by atoms with E-state index in [0.29, 0.717) is 22.7 Å². The summed E-state index contributed by atoms with van der Waals surface area (Å²) in [5.41, 5.74) is 2.37. The number of nitrogens with zero attached hydrogens (tertiary/aromatic N) is 2. The Kier molecular flexibility index (Phi) is 4.43. The average molecular weight is 338 g/mol. The van der Waals surface area contributed by atoms with Gasteiger partial charge in [-0.3, -0.25) is 9.69 Å². The summed E-state index contributed by atoms with van der Waals surface area (Å²) in [5.74, 6) is 0.531. The van der Waals surface area contributed by atoms with Gasteiger partial charge in [0.15, 0.2) is 0 Å². The van der Waals surface area contributed by atoms with Gasteiger partial charge in [-0.15, -0.1) is 0 Å². The lowest BCUT2D eigenvalue weighted by Crippen LogP contribution is -2.28. The fourth-order valence-electron chi connectivity index (χ4n) is 2.72. The molecule has 128 valence electrons. The van der Waals surface area contributed by atoms with E-state index < -0.39 is 6.09 Å². The van der Waals surface area contributed by atoms with Gasteiger partial charge in [-0.1, -0.05) is 12.1 Å². The number of likely N-dealkylation sites (N-methyl/N-ethyl adjacent to an activating group) is 1. The summed E-state index contributed by atoms with van der Waals surface area (Å²) in [5, 5.41) is 0. The van der Waals surface area contributed by atoms with Crippen LogP contribution in [-0.4, -0.2) is 33.1 Å². The fraction of sp³-hybridized carbons (Fsp3) is 0.158. The first-order chi connectivity index (χ1) is 12.1. The molecule has 1 aliphatic heterocycles. The standard InChI is InChI=1S/C19H18N2O4/c1-20-16-7-5-4-6-15(16)18(22)17(20)12-21(19(23)25-3)13-8-10-14(24-2)11-9-13/h4-12H,1-3H3/b17-12+. The third kappa shape index (κ3) is 2.94. The Balaban J connectivity index is 2.02. The molecule has 0 N–H and O–H groups in total. The third-order valence-corrected chi connectivity index (χ3v) is 4.08. The van der Waals surface area contributed by atoms with E-state index in [2.05, 4.69) is 0 Å². The van der Waals surface area contributed by atoms with Crippen LogP contribution in [0.3, 0.4) is 0 Å².